The summed E-state index contributed by atoms with van der Waals surface area (Å²) in [6.07, 6.45) is 3.28. The highest BCUT2D eigenvalue weighted by molar-refractivity contribution is 7.25. The van der Waals surface area contributed by atoms with Crippen molar-refractivity contribution in [2.75, 3.05) is 19.0 Å². The van der Waals surface area contributed by atoms with E-state index in [1.54, 1.807) is 19.2 Å². The second-order valence-corrected chi connectivity index (χ2v) is 7.34. The molecule has 3 aromatic heterocycles. The number of oxime groups is 1. The fraction of sp³-hybridized carbons (Fsp3) is 0.158. The highest BCUT2D eigenvalue weighted by Crippen LogP contribution is 2.35. The van der Waals surface area contributed by atoms with Gasteiger partial charge in [0.15, 0.2) is 0 Å². The number of nitrogens with zero attached hydrogens (tertiary/aromatic N) is 5. The van der Waals surface area contributed by atoms with Crippen molar-refractivity contribution >= 4 is 43.2 Å². The van der Waals surface area contributed by atoms with E-state index in [0.29, 0.717) is 21.6 Å². The summed E-state index contributed by atoms with van der Waals surface area (Å²) in [7, 11) is 3.91. The molecule has 0 amide bonds. The number of anilines is 1. The normalized spacial score (nSPS) is 12.0. The lowest BCUT2D eigenvalue weighted by molar-refractivity contribution is 0.319. The molecule has 1 aromatic carbocycles. The molecule has 0 saturated heterocycles. The molecule has 0 spiro atoms. The maximum Gasteiger partial charge on any atom is 0.275 e. The van der Waals surface area contributed by atoms with Gasteiger partial charge in [-0.25, -0.2) is 9.97 Å². The van der Waals surface area contributed by atoms with Crippen molar-refractivity contribution in [2.24, 2.45) is 5.16 Å². The fourth-order valence-electron chi connectivity index (χ4n) is 3.03. The highest BCUT2D eigenvalue weighted by Gasteiger charge is 2.17. The fourth-order valence-corrected chi connectivity index (χ4v) is 4.08. The molecule has 0 aliphatic heterocycles. The van der Waals surface area contributed by atoms with Crippen LogP contribution in [0.5, 0.6) is 0 Å². The first-order valence-electron chi connectivity index (χ1n) is 8.27. The van der Waals surface area contributed by atoms with E-state index in [-0.39, 0.29) is 5.56 Å². The van der Waals surface area contributed by atoms with E-state index >= 15 is 0 Å². The summed E-state index contributed by atoms with van der Waals surface area (Å²) >= 11 is 1.35. The molecular formula is C19H17N5O2S. The first kappa shape index (κ1) is 17.2. The minimum absolute atomic E-state index is 0.150. The maximum atomic E-state index is 13.1. The number of thiophene rings is 1. The summed E-state index contributed by atoms with van der Waals surface area (Å²) in [5.41, 5.74) is 3.36. The molecule has 1 N–H and O–H groups in total. The van der Waals surface area contributed by atoms with Crippen molar-refractivity contribution in [2.45, 2.75) is 6.92 Å². The van der Waals surface area contributed by atoms with Gasteiger partial charge in [0.1, 0.15) is 15.9 Å². The van der Waals surface area contributed by atoms with Crippen LogP contribution in [-0.2, 0) is 0 Å². The van der Waals surface area contributed by atoms with E-state index in [1.807, 2.05) is 43.3 Å². The topological polar surface area (TPSA) is 83.6 Å². The zero-order valence-corrected chi connectivity index (χ0v) is 15.9. The van der Waals surface area contributed by atoms with Gasteiger partial charge in [-0.2, -0.15) is 0 Å². The number of hydrogen-bond donors (Lipinski definition) is 1. The van der Waals surface area contributed by atoms with Crippen LogP contribution >= 0.6 is 11.3 Å². The van der Waals surface area contributed by atoms with Crippen LogP contribution in [0, 0.1) is 0 Å². The average Bonchev–Trinajstić information content (AvgIpc) is 3.07. The number of pyridine rings is 1. The predicted octanol–water partition coefficient (Wildman–Crippen LogP) is 3.26. The van der Waals surface area contributed by atoms with Gasteiger partial charge in [-0.3, -0.25) is 9.36 Å². The third-order valence-electron chi connectivity index (χ3n) is 4.43. The number of rotatable bonds is 3. The van der Waals surface area contributed by atoms with Gasteiger partial charge in [-0.15, -0.1) is 11.3 Å². The molecule has 27 heavy (non-hydrogen) atoms. The number of benzene rings is 1. The summed E-state index contributed by atoms with van der Waals surface area (Å²) in [6, 6.07) is 9.16. The van der Waals surface area contributed by atoms with Gasteiger partial charge in [-0.1, -0.05) is 17.3 Å². The van der Waals surface area contributed by atoms with Gasteiger partial charge >= 0.3 is 0 Å². The van der Waals surface area contributed by atoms with Crippen molar-refractivity contribution < 1.29 is 5.21 Å². The predicted molar refractivity (Wildman–Crippen MR) is 109 cm³/mol. The Kier molecular flexibility index (Phi) is 4.12. The van der Waals surface area contributed by atoms with Crippen LogP contribution in [0.15, 0.2) is 52.8 Å². The molecule has 0 aliphatic rings. The van der Waals surface area contributed by atoms with E-state index < -0.39 is 0 Å². The molecule has 3 heterocycles. The molecule has 0 saturated carbocycles. The van der Waals surface area contributed by atoms with E-state index in [2.05, 4.69) is 15.1 Å². The van der Waals surface area contributed by atoms with Crippen LogP contribution in [0.3, 0.4) is 0 Å². The minimum atomic E-state index is -0.150. The Morgan fingerprint density at radius 3 is 2.81 bits per heavy atom. The van der Waals surface area contributed by atoms with E-state index in [0.717, 1.165) is 21.5 Å². The molecule has 136 valence electrons. The quantitative estimate of drug-likeness (QED) is 0.336. The largest absolute Gasteiger partial charge is 0.411 e. The van der Waals surface area contributed by atoms with Crippen molar-refractivity contribution in [1.29, 1.82) is 0 Å². The Balaban J connectivity index is 1.98. The molecule has 0 atom stereocenters. The third kappa shape index (κ3) is 2.74. The van der Waals surface area contributed by atoms with Crippen LogP contribution in [0.25, 0.3) is 26.1 Å². The Morgan fingerprint density at radius 1 is 1.26 bits per heavy atom. The molecule has 4 aromatic rings. The van der Waals surface area contributed by atoms with Crippen molar-refractivity contribution in [3.05, 3.63) is 58.8 Å². The Morgan fingerprint density at radius 2 is 2.07 bits per heavy atom. The molecule has 4 rings (SSSR count). The second kappa shape index (κ2) is 6.48. The van der Waals surface area contributed by atoms with E-state index in [4.69, 9.17) is 5.21 Å². The molecular weight excluding hydrogens is 362 g/mol. The Labute approximate surface area is 158 Å². The van der Waals surface area contributed by atoms with Gasteiger partial charge in [0.05, 0.1) is 28.0 Å². The molecule has 0 radical (unpaired) electrons. The van der Waals surface area contributed by atoms with Crippen LogP contribution in [0.1, 0.15) is 12.5 Å². The average molecular weight is 379 g/mol. The first-order chi connectivity index (χ1) is 13.0. The standard InChI is InChI=1S/C19H17N5O2S/c1-11(22-26)12-5-4-6-13(9-12)24-10-21-16-15-14(23(2)3)7-8-20-18(15)27-17(16)19(24)25/h4-10,26H,1-3H3. The summed E-state index contributed by atoms with van der Waals surface area (Å²) in [5.74, 6) is 0. The van der Waals surface area contributed by atoms with E-state index in [1.165, 1.54) is 22.2 Å². The minimum Gasteiger partial charge on any atom is -0.411 e. The number of hydrogen-bond acceptors (Lipinski definition) is 7. The maximum absolute atomic E-state index is 13.1. The molecule has 0 aliphatic carbocycles. The van der Waals surface area contributed by atoms with Crippen LogP contribution in [0.4, 0.5) is 5.69 Å². The smallest absolute Gasteiger partial charge is 0.275 e. The van der Waals surface area contributed by atoms with Gasteiger partial charge in [0.25, 0.3) is 5.56 Å². The summed E-state index contributed by atoms with van der Waals surface area (Å²) in [6.45, 7) is 1.70. The molecule has 0 bridgehead atoms. The lowest BCUT2D eigenvalue weighted by Crippen LogP contribution is -2.18. The zero-order valence-electron chi connectivity index (χ0n) is 15.0. The van der Waals surface area contributed by atoms with Gasteiger partial charge < -0.3 is 10.1 Å². The molecule has 0 unspecified atom stereocenters. The SMILES string of the molecule is CC(=NO)c1cccc(-n2cnc3c(sc4nccc(N(C)C)c43)c2=O)c1. The highest BCUT2D eigenvalue weighted by atomic mass is 32.1. The zero-order chi connectivity index (χ0) is 19.1. The van der Waals surface area contributed by atoms with Crippen LogP contribution in [0.2, 0.25) is 0 Å². The number of aromatic nitrogens is 3. The lowest BCUT2D eigenvalue weighted by atomic mass is 10.1. The molecule has 8 heteroatoms. The number of fused-ring (bicyclic) bond motifs is 3. The van der Waals surface area contributed by atoms with Crippen molar-refractivity contribution in [1.82, 2.24) is 14.5 Å². The van der Waals surface area contributed by atoms with Crippen LogP contribution in [-0.4, -0.2) is 39.5 Å². The summed E-state index contributed by atoms with van der Waals surface area (Å²) in [4.78, 5) is 24.9. The van der Waals surface area contributed by atoms with Crippen molar-refractivity contribution in [3.8, 4) is 5.69 Å². The van der Waals surface area contributed by atoms with Gasteiger partial charge in [0.2, 0.25) is 0 Å². The van der Waals surface area contributed by atoms with Gasteiger partial charge in [-0.05, 0) is 25.1 Å². The first-order valence-corrected chi connectivity index (χ1v) is 9.08. The molecule has 7 nitrogen and oxygen atoms in total. The third-order valence-corrected chi connectivity index (χ3v) is 5.51. The van der Waals surface area contributed by atoms with Gasteiger partial charge in [0, 0.05) is 25.9 Å². The Bertz CT molecular complexity index is 1260. The Hall–Kier alpha value is -3.26. The lowest BCUT2D eigenvalue weighted by Gasteiger charge is -2.13. The summed E-state index contributed by atoms with van der Waals surface area (Å²) < 4.78 is 2.06. The van der Waals surface area contributed by atoms with E-state index in [9.17, 15) is 4.79 Å². The summed E-state index contributed by atoms with van der Waals surface area (Å²) in [5, 5.41) is 13.1. The van der Waals surface area contributed by atoms with Crippen molar-refractivity contribution in [3.63, 3.8) is 0 Å². The monoisotopic (exact) mass is 379 g/mol. The second-order valence-electron chi connectivity index (χ2n) is 6.34. The molecule has 0 fully saturated rings. The van der Waals surface area contributed by atoms with Crippen LogP contribution < -0.4 is 10.5 Å².